The number of nitrogens with one attached hydrogen (secondary N) is 1. The van der Waals surface area contributed by atoms with E-state index in [1.165, 1.54) is 11.1 Å². The van der Waals surface area contributed by atoms with Gasteiger partial charge in [0.05, 0.1) is 13.2 Å². The zero-order chi connectivity index (χ0) is 18.2. The van der Waals surface area contributed by atoms with Crippen LogP contribution in [0.4, 0.5) is 0 Å². The van der Waals surface area contributed by atoms with E-state index in [9.17, 15) is 4.79 Å². The summed E-state index contributed by atoms with van der Waals surface area (Å²) in [6.45, 7) is 3.31. The van der Waals surface area contributed by atoms with Gasteiger partial charge in [-0.15, -0.1) is 0 Å². The fraction of sp³-hybridized carbons (Fsp3) is 0.381. The van der Waals surface area contributed by atoms with E-state index >= 15 is 0 Å². The molecule has 1 fully saturated rings. The van der Waals surface area contributed by atoms with Gasteiger partial charge in [-0.05, 0) is 36.1 Å². The minimum Gasteiger partial charge on any atom is -0.377 e. The van der Waals surface area contributed by atoms with Crippen LogP contribution in [0, 0.1) is 0 Å². The first-order chi connectivity index (χ1) is 12.7. The molecule has 2 aromatic carbocycles. The van der Waals surface area contributed by atoms with Gasteiger partial charge in [0.2, 0.25) is 5.91 Å². The van der Waals surface area contributed by atoms with Crippen molar-refractivity contribution in [3.8, 4) is 0 Å². The molecular formula is C21H25ClN2O2. The smallest absolute Gasteiger partial charge is 0.234 e. The Balaban J connectivity index is 1.29. The highest BCUT2D eigenvalue weighted by Gasteiger charge is 2.30. The maximum atomic E-state index is 12.1. The maximum absolute atomic E-state index is 12.1. The van der Waals surface area contributed by atoms with Gasteiger partial charge in [0.1, 0.15) is 0 Å². The average Bonchev–Trinajstić information content (AvgIpc) is 2.64. The molecule has 0 aliphatic carbocycles. The van der Waals surface area contributed by atoms with Gasteiger partial charge in [-0.1, -0.05) is 54.1 Å². The zero-order valence-corrected chi connectivity index (χ0v) is 15.6. The number of carbonyl (C=O) groups is 1. The Bertz CT molecular complexity index is 691. The summed E-state index contributed by atoms with van der Waals surface area (Å²) in [5, 5.41) is 3.72. The van der Waals surface area contributed by atoms with Crippen molar-refractivity contribution in [2.24, 2.45) is 0 Å². The molecule has 0 spiro atoms. The topological polar surface area (TPSA) is 41.6 Å². The summed E-state index contributed by atoms with van der Waals surface area (Å²) >= 11 is 5.94. The number of nitrogens with zero attached hydrogens (tertiary/aromatic N) is 1. The highest BCUT2D eigenvalue weighted by atomic mass is 35.5. The number of hydrogen-bond acceptors (Lipinski definition) is 3. The van der Waals surface area contributed by atoms with E-state index in [4.69, 9.17) is 16.3 Å². The molecule has 1 saturated heterocycles. The highest BCUT2D eigenvalue weighted by molar-refractivity contribution is 6.30. The van der Waals surface area contributed by atoms with Crippen LogP contribution >= 0.6 is 11.6 Å². The number of halogens is 1. The molecule has 0 saturated carbocycles. The van der Waals surface area contributed by atoms with Crippen LogP contribution in [0.5, 0.6) is 0 Å². The van der Waals surface area contributed by atoms with Crippen LogP contribution in [0.1, 0.15) is 30.0 Å². The molecule has 0 aromatic heterocycles. The fourth-order valence-electron chi connectivity index (χ4n) is 3.10. The van der Waals surface area contributed by atoms with Crippen molar-refractivity contribution in [1.82, 2.24) is 10.2 Å². The lowest BCUT2D eigenvalue weighted by atomic mass is 9.95. The van der Waals surface area contributed by atoms with Crippen molar-refractivity contribution in [3.05, 3.63) is 70.7 Å². The molecule has 4 nitrogen and oxygen atoms in total. The van der Waals surface area contributed by atoms with Crippen molar-refractivity contribution in [2.75, 3.05) is 26.2 Å². The van der Waals surface area contributed by atoms with Crippen molar-refractivity contribution >= 4 is 17.5 Å². The number of hydrogen-bond donors (Lipinski definition) is 1. The maximum Gasteiger partial charge on any atom is 0.234 e. The zero-order valence-electron chi connectivity index (χ0n) is 14.9. The molecule has 5 heteroatoms. The predicted molar refractivity (Wildman–Crippen MR) is 104 cm³/mol. The van der Waals surface area contributed by atoms with Gasteiger partial charge in [0, 0.05) is 30.8 Å². The Morgan fingerprint density at radius 1 is 1.15 bits per heavy atom. The van der Waals surface area contributed by atoms with Crippen LogP contribution in [0.25, 0.3) is 0 Å². The van der Waals surface area contributed by atoms with Crippen molar-refractivity contribution in [1.29, 1.82) is 0 Å². The number of ether oxygens (including phenoxy) is 1. The Hall–Kier alpha value is -1.88. The molecule has 1 amide bonds. The molecule has 1 heterocycles. The first-order valence-electron chi connectivity index (χ1n) is 9.10. The third kappa shape index (κ3) is 5.56. The summed E-state index contributed by atoms with van der Waals surface area (Å²) in [4.78, 5) is 14.3. The third-order valence-corrected chi connectivity index (χ3v) is 4.88. The largest absolute Gasteiger partial charge is 0.377 e. The van der Waals surface area contributed by atoms with Crippen LogP contribution in [-0.4, -0.2) is 37.0 Å². The summed E-state index contributed by atoms with van der Waals surface area (Å²) in [5.41, 5.74) is 2.39. The van der Waals surface area contributed by atoms with Gasteiger partial charge in [0.25, 0.3) is 0 Å². The lowest BCUT2D eigenvalue weighted by Crippen LogP contribution is -2.46. The van der Waals surface area contributed by atoms with Crippen LogP contribution < -0.4 is 5.32 Å². The Morgan fingerprint density at radius 3 is 2.62 bits per heavy atom. The van der Waals surface area contributed by atoms with E-state index < -0.39 is 0 Å². The fourth-order valence-corrected chi connectivity index (χ4v) is 3.23. The van der Waals surface area contributed by atoms with Crippen molar-refractivity contribution < 1.29 is 9.53 Å². The van der Waals surface area contributed by atoms with Crippen LogP contribution in [-0.2, 0) is 16.1 Å². The monoisotopic (exact) mass is 372 g/mol. The summed E-state index contributed by atoms with van der Waals surface area (Å²) in [6, 6.07) is 18.3. The van der Waals surface area contributed by atoms with Gasteiger partial charge in [-0.3, -0.25) is 9.69 Å². The predicted octanol–water partition coefficient (Wildman–Crippen LogP) is 3.81. The second-order valence-electron chi connectivity index (χ2n) is 6.57. The van der Waals surface area contributed by atoms with Crippen molar-refractivity contribution in [2.45, 2.75) is 25.5 Å². The average molecular weight is 373 g/mol. The molecular weight excluding hydrogens is 348 g/mol. The number of likely N-dealkylation sites (tertiary alicyclic amines) is 1. The summed E-state index contributed by atoms with van der Waals surface area (Å²) in [5.74, 6) is 0.0757. The van der Waals surface area contributed by atoms with Crippen LogP contribution in [0.2, 0.25) is 5.02 Å². The minimum absolute atomic E-state index is 0.0757. The molecule has 1 aliphatic heterocycles. The Labute approximate surface area is 160 Å². The van der Waals surface area contributed by atoms with E-state index in [0.29, 0.717) is 32.3 Å². The lowest BCUT2D eigenvalue weighted by Gasteiger charge is -2.40. The van der Waals surface area contributed by atoms with E-state index in [2.05, 4.69) is 10.2 Å². The molecule has 1 N–H and O–H groups in total. The quantitative estimate of drug-likeness (QED) is 0.680. The van der Waals surface area contributed by atoms with Gasteiger partial charge in [-0.2, -0.15) is 0 Å². The first-order valence-corrected chi connectivity index (χ1v) is 9.48. The number of carbonyl (C=O) groups excluding carboxylic acids is 1. The molecule has 2 aromatic rings. The highest BCUT2D eigenvalue weighted by Crippen LogP contribution is 2.33. The summed E-state index contributed by atoms with van der Waals surface area (Å²) in [7, 11) is 0. The molecule has 0 unspecified atom stereocenters. The standard InChI is InChI=1S/C21H25ClN2O2/c22-19-9-7-18(8-10-19)20-11-13-24(20)15-21(25)23-12-4-14-26-16-17-5-2-1-3-6-17/h1-3,5-10,20H,4,11-16H2,(H,23,25)/t20-/m0/s1. The van der Waals surface area contributed by atoms with Crippen LogP contribution in [0.15, 0.2) is 54.6 Å². The molecule has 0 bridgehead atoms. The van der Waals surface area contributed by atoms with Gasteiger partial charge in [0.15, 0.2) is 0 Å². The summed E-state index contributed by atoms with van der Waals surface area (Å²) in [6.07, 6.45) is 1.90. The van der Waals surface area contributed by atoms with Crippen LogP contribution in [0.3, 0.4) is 0 Å². The molecule has 3 rings (SSSR count). The number of benzene rings is 2. The molecule has 1 atom stereocenters. The van der Waals surface area contributed by atoms with E-state index in [1.807, 2.05) is 54.6 Å². The number of amides is 1. The lowest BCUT2D eigenvalue weighted by molar-refractivity contribution is -0.124. The number of rotatable bonds is 9. The first kappa shape index (κ1) is 18.9. The molecule has 0 radical (unpaired) electrons. The Kier molecular flexibility index (Phi) is 7.06. The molecule has 26 heavy (non-hydrogen) atoms. The second kappa shape index (κ2) is 9.72. The third-order valence-electron chi connectivity index (χ3n) is 4.63. The van der Waals surface area contributed by atoms with E-state index in [-0.39, 0.29) is 5.91 Å². The molecule has 138 valence electrons. The second-order valence-corrected chi connectivity index (χ2v) is 7.00. The van der Waals surface area contributed by atoms with Gasteiger partial charge >= 0.3 is 0 Å². The molecule has 1 aliphatic rings. The van der Waals surface area contributed by atoms with Gasteiger partial charge < -0.3 is 10.1 Å². The normalized spacial score (nSPS) is 16.9. The van der Waals surface area contributed by atoms with E-state index in [0.717, 1.165) is 24.4 Å². The minimum atomic E-state index is 0.0757. The van der Waals surface area contributed by atoms with E-state index in [1.54, 1.807) is 0 Å². The van der Waals surface area contributed by atoms with Crippen molar-refractivity contribution in [3.63, 3.8) is 0 Å². The Morgan fingerprint density at radius 2 is 1.92 bits per heavy atom. The summed E-state index contributed by atoms with van der Waals surface area (Å²) < 4.78 is 5.63. The SMILES string of the molecule is O=C(CN1CC[C@H]1c1ccc(Cl)cc1)NCCCOCc1ccccc1. The van der Waals surface area contributed by atoms with Gasteiger partial charge in [-0.25, -0.2) is 0 Å².